The number of aromatic nitrogens is 1. The summed E-state index contributed by atoms with van der Waals surface area (Å²) in [5.41, 5.74) is 2.76. The monoisotopic (exact) mass is 332 g/mol. The Balaban J connectivity index is 1.39. The van der Waals surface area contributed by atoms with Gasteiger partial charge in [-0.3, -0.25) is 9.88 Å². The Kier molecular flexibility index (Phi) is 3.64. The van der Waals surface area contributed by atoms with Crippen molar-refractivity contribution in [2.45, 2.75) is 31.7 Å². The van der Waals surface area contributed by atoms with Crippen LogP contribution >= 0.6 is 0 Å². The quantitative estimate of drug-likeness (QED) is 0.845. The molecule has 0 amide bonds. The van der Waals surface area contributed by atoms with Gasteiger partial charge in [0.1, 0.15) is 6.07 Å². The van der Waals surface area contributed by atoms with Crippen LogP contribution in [0.25, 0.3) is 10.9 Å². The largest absolute Gasteiger partial charge is 0.367 e. The number of fused-ring (bicyclic) bond motifs is 3. The fraction of sp³-hybridized carbons (Fsp3) is 0.524. The molecule has 3 unspecified atom stereocenters. The first kappa shape index (κ1) is 15.2. The molecule has 25 heavy (non-hydrogen) atoms. The molecule has 2 aromatic rings. The van der Waals surface area contributed by atoms with Crippen LogP contribution in [0.4, 0.5) is 5.69 Å². The molecule has 4 nitrogen and oxygen atoms in total. The predicted octanol–water partition coefficient (Wildman–Crippen LogP) is 3.42. The van der Waals surface area contributed by atoms with Gasteiger partial charge in [0.05, 0.1) is 16.8 Å². The van der Waals surface area contributed by atoms with E-state index in [0.29, 0.717) is 5.56 Å². The van der Waals surface area contributed by atoms with Crippen LogP contribution in [-0.2, 0) is 0 Å². The molecule has 0 radical (unpaired) electrons. The molecule has 1 aromatic heterocycles. The van der Waals surface area contributed by atoms with Crippen molar-refractivity contribution in [2.75, 3.05) is 31.1 Å². The van der Waals surface area contributed by atoms with E-state index in [9.17, 15) is 5.26 Å². The number of para-hydroxylation sites is 1. The Labute approximate surface area is 149 Å². The van der Waals surface area contributed by atoms with Gasteiger partial charge in [-0.25, -0.2) is 0 Å². The van der Waals surface area contributed by atoms with Crippen LogP contribution in [0, 0.1) is 23.2 Å². The standard InChI is InChI=1S/C21H24N4/c22-13-17-14-23-19-4-2-1-3-18(19)21(17)25-9-7-24(8-10-25)20-12-15-5-6-16(20)11-15/h1-4,14-16,20H,5-12H2. The van der Waals surface area contributed by atoms with Crippen molar-refractivity contribution in [1.82, 2.24) is 9.88 Å². The highest BCUT2D eigenvalue weighted by Crippen LogP contribution is 2.46. The van der Waals surface area contributed by atoms with Crippen molar-refractivity contribution in [1.29, 1.82) is 5.26 Å². The lowest BCUT2D eigenvalue weighted by molar-refractivity contribution is 0.135. The zero-order chi connectivity index (χ0) is 16.8. The highest BCUT2D eigenvalue weighted by molar-refractivity contribution is 5.94. The summed E-state index contributed by atoms with van der Waals surface area (Å²) < 4.78 is 0. The molecular formula is C21H24N4. The fourth-order valence-electron chi connectivity index (χ4n) is 5.48. The second-order valence-corrected chi connectivity index (χ2v) is 7.91. The second kappa shape index (κ2) is 6.00. The zero-order valence-electron chi connectivity index (χ0n) is 14.6. The Hall–Kier alpha value is -2.12. The average Bonchev–Trinajstić information content (AvgIpc) is 3.31. The Morgan fingerprint density at radius 3 is 2.60 bits per heavy atom. The van der Waals surface area contributed by atoms with Crippen LogP contribution in [-0.4, -0.2) is 42.1 Å². The number of anilines is 1. The highest BCUT2D eigenvalue weighted by Gasteiger charge is 2.42. The molecule has 2 heterocycles. The van der Waals surface area contributed by atoms with Crippen molar-refractivity contribution in [3.05, 3.63) is 36.0 Å². The van der Waals surface area contributed by atoms with Crippen LogP contribution in [0.2, 0.25) is 0 Å². The van der Waals surface area contributed by atoms with Gasteiger partial charge in [0.25, 0.3) is 0 Å². The summed E-state index contributed by atoms with van der Waals surface area (Å²) >= 11 is 0. The SMILES string of the molecule is N#Cc1cnc2ccccc2c1N1CCN(C2CC3CCC2C3)CC1. The van der Waals surface area contributed by atoms with Crippen LogP contribution in [0.3, 0.4) is 0 Å². The van der Waals surface area contributed by atoms with Crippen molar-refractivity contribution in [3.63, 3.8) is 0 Å². The fourth-order valence-corrected chi connectivity index (χ4v) is 5.48. The first-order valence-electron chi connectivity index (χ1n) is 9.60. The minimum Gasteiger partial charge on any atom is -0.367 e. The first-order chi connectivity index (χ1) is 12.3. The molecule has 0 spiro atoms. The maximum atomic E-state index is 9.58. The van der Waals surface area contributed by atoms with E-state index < -0.39 is 0 Å². The van der Waals surface area contributed by atoms with E-state index in [-0.39, 0.29) is 0 Å². The Morgan fingerprint density at radius 2 is 1.88 bits per heavy atom. The van der Waals surface area contributed by atoms with E-state index >= 15 is 0 Å². The van der Waals surface area contributed by atoms with Crippen molar-refractivity contribution >= 4 is 16.6 Å². The van der Waals surface area contributed by atoms with Crippen molar-refractivity contribution in [3.8, 4) is 6.07 Å². The minimum atomic E-state index is 0.701. The summed E-state index contributed by atoms with van der Waals surface area (Å²) in [6.45, 7) is 4.26. The number of benzene rings is 1. The molecule has 2 saturated carbocycles. The zero-order valence-corrected chi connectivity index (χ0v) is 14.6. The van der Waals surface area contributed by atoms with Gasteiger partial charge in [-0.15, -0.1) is 0 Å². The minimum absolute atomic E-state index is 0.701. The maximum Gasteiger partial charge on any atom is 0.103 e. The van der Waals surface area contributed by atoms with Crippen LogP contribution in [0.5, 0.6) is 0 Å². The van der Waals surface area contributed by atoms with E-state index in [1.165, 1.54) is 25.7 Å². The highest BCUT2D eigenvalue weighted by atomic mass is 15.3. The molecule has 0 N–H and O–H groups in total. The summed E-state index contributed by atoms with van der Waals surface area (Å²) in [5.74, 6) is 1.95. The van der Waals surface area contributed by atoms with Crippen LogP contribution in [0.1, 0.15) is 31.2 Å². The summed E-state index contributed by atoms with van der Waals surface area (Å²) in [6, 6.07) is 11.4. The number of nitrogens with zero attached hydrogens (tertiary/aromatic N) is 4. The van der Waals surface area contributed by atoms with Gasteiger partial charge in [-0.05, 0) is 37.2 Å². The van der Waals surface area contributed by atoms with Gasteiger partial charge in [0, 0.05) is 43.8 Å². The van der Waals surface area contributed by atoms with E-state index in [1.807, 2.05) is 18.2 Å². The predicted molar refractivity (Wildman–Crippen MR) is 99.5 cm³/mol. The molecule has 128 valence electrons. The van der Waals surface area contributed by atoms with Gasteiger partial charge in [-0.2, -0.15) is 5.26 Å². The van der Waals surface area contributed by atoms with Gasteiger partial charge < -0.3 is 4.90 Å². The van der Waals surface area contributed by atoms with E-state index in [1.54, 1.807) is 6.20 Å². The third-order valence-corrected chi connectivity index (χ3v) is 6.67. The molecule has 3 atom stereocenters. The van der Waals surface area contributed by atoms with Gasteiger partial charge >= 0.3 is 0 Å². The molecular weight excluding hydrogens is 308 g/mol. The molecule has 2 aliphatic carbocycles. The molecule has 3 fully saturated rings. The number of pyridine rings is 1. The molecule has 1 aromatic carbocycles. The summed E-state index contributed by atoms with van der Waals surface area (Å²) in [4.78, 5) is 9.59. The van der Waals surface area contributed by atoms with E-state index in [4.69, 9.17) is 0 Å². The summed E-state index contributed by atoms with van der Waals surface area (Å²) in [7, 11) is 0. The lowest BCUT2D eigenvalue weighted by Crippen LogP contribution is -2.52. The molecule has 5 rings (SSSR count). The topological polar surface area (TPSA) is 43.2 Å². The smallest absolute Gasteiger partial charge is 0.103 e. The molecule has 4 heteroatoms. The van der Waals surface area contributed by atoms with Crippen molar-refractivity contribution in [2.24, 2.45) is 11.8 Å². The van der Waals surface area contributed by atoms with Crippen molar-refractivity contribution < 1.29 is 0 Å². The first-order valence-corrected chi connectivity index (χ1v) is 9.60. The normalized spacial score (nSPS) is 29.2. The lowest BCUT2D eigenvalue weighted by atomic mass is 9.93. The molecule has 2 bridgehead atoms. The molecule has 1 saturated heterocycles. The number of piperazine rings is 1. The average molecular weight is 332 g/mol. The van der Waals surface area contributed by atoms with Crippen LogP contribution in [0.15, 0.2) is 30.5 Å². The van der Waals surface area contributed by atoms with E-state index in [2.05, 4.69) is 26.9 Å². The number of hydrogen-bond acceptors (Lipinski definition) is 4. The number of hydrogen-bond donors (Lipinski definition) is 0. The third kappa shape index (κ3) is 2.49. The summed E-state index contributed by atoms with van der Waals surface area (Å²) in [6.07, 6.45) is 7.55. The number of rotatable bonds is 2. The Morgan fingerprint density at radius 1 is 1.04 bits per heavy atom. The third-order valence-electron chi connectivity index (χ3n) is 6.67. The van der Waals surface area contributed by atoms with Gasteiger partial charge in [0.2, 0.25) is 0 Å². The Bertz CT molecular complexity index is 831. The van der Waals surface area contributed by atoms with Crippen LogP contribution < -0.4 is 4.90 Å². The second-order valence-electron chi connectivity index (χ2n) is 7.91. The lowest BCUT2D eigenvalue weighted by Gasteiger charge is -2.42. The van der Waals surface area contributed by atoms with Gasteiger partial charge in [0.15, 0.2) is 0 Å². The summed E-state index contributed by atoms with van der Waals surface area (Å²) in [5, 5.41) is 10.7. The number of nitriles is 1. The van der Waals surface area contributed by atoms with Gasteiger partial charge in [-0.1, -0.05) is 24.6 Å². The molecule has 1 aliphatic heterocycles. The van der Waals surface area contributed by atoms with E-state index in [0.717, 1.165) is 60.6 Å². The maximum absolute atomic E-state index is 9.58. The molecule has 3 aliphatic rings.